The number of nitrogens with one attached hydrogen (secondary N) is 3. The molecule has 0 spiro atoms. The number of anilines is 1. The van der Waals surface area contributed by atoms with Gasteiger partial charge < -0.3 is 15.7 Å². The lowest BCUT2D eigenvalue weighted by atomic mass is 10.2. The lowest BCUT2D eigenvalue weighted by molar-refractivity contribution is -0.114. The second-order valence-corrected chi connectivity index (χ2v) is 7.23. The van der Waals surface area contributed by atoms with Gasteiger partial charge in [0.1, 0.15) is 5.69 Å². The SMILES string of the molecule is CC(=O)Nc1ccc(S(=O)(=O)NC(=O)c2ccc(C(=O)NCCO)nc2)cc1. The van der Waals surface area contributed by atoms with Crippen LogP contribution in [0.5, 0.6) is 0 Å². The van der Waals surface area contributed by atoms with Crippen molar-refractivity contribution in [1.82, 2.24) is 15.0 Å². The van der Waals surface area contributed by atoms with Crippen LogP contribution in [-0.4, -0.2) is 49.4 Å². The first kappa shape index (κ1) is 21.0. The zero-order chi connectivity index (χ0) is 20.7. The highest BCUT2D eigenvalue weighted by molar-refractivity contribution is 7.90. The Balaban J connectivity index is 2.08. The smallest absolute Gasteiger partial charge is 0.269 e. The molecule has 0 bridgehead atoms. The van der Waals surface area contributed by atoms with Crippen molar-refractivity contribution >= 4 is 33.4 Å². The van der Waals surface area contributed by atoms with Crippen LogP contribution in [0.4, 0.5) is 5.69 Å². The first-order valence-electron chi connectivity index (χ1n) is 8.03. The standard InChI is InChI=1S/C17H18N4O6S/c1-11(23)20-13-3-5-14(6-4-13)28(26,27)21-16(24)12-2-7-15(19-10-12)17(25)18-8-9-22/h2-7,10,22H,8-9H2,1H3,(H,18,25)(H,20,23)(H,21,24). The van der Waals surface area contributed by atoms with Crippen LogP contribution in [0, 0.1) is 0 Å². The molecule has 0 radical (unpaired) electrons. The van der Waals surface area contributed by atoms with Crippen molar-refractivity contribution in [2.45, 2.75) is 11.8 Å². The van der Waals surface area contributed by atoms with E-state index in [9.17, 15) is 22.8 Å². The topological polar surface area (TPSA) is 155 Å². The van der Waals surface area contributed by atoms with Gasteiger partial charge in [0, 0.05) is 25.4 Å². The average molecular weight is 406 g/mol. The van der Waals surface area contributed by atoms with Crippen molar-refractivity contribution in [3.8, 4) is 0 Å². The van der Waals surface area contributed by atoms with Crippen LogP contribution in [0.15, 0.2) is 47.5 Å². The van der Waals surface area contributed by atoms with Crippen molar-refractivity contribution in [3.05, 3.63) is 53.9 Å². The molecule has 0 saturated carbocycles. The molecular weight excluding hydrogens is 388 g/mol. The Morgan fingerprint density at radius 1 is 1.04 bits per heavy atom. The summed E-state index contributed by atoms with van der Waals surface area (Å²) in [4.78, 5) is 38.5. The number of hydrogen-bond donors (Lipinski definition) is 4. The van der Waals surface area contributed by atoms with Crippen molar-refractivity contribution in [2.24, 2.45) is 0 Å². The lowest BCUT2D eigenvalue weighted by Gasteiger charge is -2.08. The van der Waals surface area contributed by atoms with Gasteiger partial charge in [0.25, 0.3) is 21.8 Å². The van der Waals surface area contributed by atoms with Gasteiger partial charge in [-0.25, -0.2) is 13.1 Å². The first-order valence-corrected chi connectivity index (χ1v) is 9.51. The summed E-state index contributed by atoms with van der Waals surface area (Å²) >= 11 is 0. The van der Waals surface area contributed by atoms with E-state index >= 15 is 0 Å². The molecule has 11 heteroatoms. The van der Waals surface area contributed by atoms with Crippen LogP contribution >= 0.6 is 0 Å². The number of sulfonamides is 1. The summed E-state index contributed by atoms with van der Waals surface area (Å²) in [6, 6.07) is 7.78. The molecule has 0 unspecified atom stereocenters. The number of rotatable bonds is 7. The minimum Gasteiger partial charge on any atom is -0.395 e. The minimum atomic E-state index is -4.14. The molecular formula is C17H18N4O6S. The van der Waals surface area contributed by atoms with E-state index in [4.69, 9.17) is 5.11 Å². The normalized spacial score (nSPS) is 10.8. The Morgan fingerprint density at radius 2 is 1.71 bits per heavy atom. The number of carbonyl (C=O) groups is 3. The molecule has 0 saturated heterocycles. The highest BCUT2D eigenvalue weighted by atomic mass is 32.2. The zero-order valence-electron chi connectivity index (χ0n) is 14.8. The molecule has 1 aromatic carbocycles. The predicted octanol–water partition coefficient (Wildman–Crippen LogP) is -0.119. The van der Waals surface area contributed by atoms with Gasteiger partial charge in [-0.1, -0.05) is 0 Å². The molecule has 1 aromatic heterocycles. The zero-order valence-corrected chi connectivity index (χ0v) is 15.6. The summed E-state index contributed by atoms with van der Waals surface area (Å²) in [5.41, 5.74) is 0.371. The Morgan fingerprint density at radius 3 is 2.25 bits per heavy atom. The molecule has 0 aliphatic carbocycles. The molecule has 28 heavy (non-hydrogen) atoms. The second kappa shape index (κ2) is 9.06. The second-order valence-electron chi connectivity index (χ2n) is 5.55. The molecule has 3 amide bonds. The third kappa shape index (κ3) is 5.59. The number of benzene rings is 1. The number of amides is 3. The molecule has 2 rings (SSSR count). The van der Waals surface area contributed by atoms with Crippen LogP contribution in [-0.2, 0) is 14.8 Å². The molecule has 0 fully saturated rings. The van der Waals surface area contributed by atoms with E-state index in [-0.39, 0.29) is 35.2 Å². The summed E-state index contributed by atoms with van der Waals surface area (Å²) in [6.45, 7) is 1.15. The quantitative estimate of drug-likeness (QED) is 0.500. The molecule has 0 aliphatic heterocycles. The van der Waals surface area contributed by atoms with Crippen LogP contribution in [0.3, 0.4) is 0 Å². The number of pyridine rings is 1. The Kier molecular flexibility index (Phi) is 6.79. The maximum absolute atomic E-state index is 12.3. The Bertz CT molecular complexity index is 972. The number of nitrogens with zero attached hydrogens (tertiary/aromatic N) is 1. The molecule has 1 heterocycles. The van der Waals surface area contributed by atoms with Gasteiger partial charge in [-0.15, -0.1) is 0 Å². The van der Waals surface area contributed by atoms with E-state index in [0.29, 0.717) is 5.69 Å². The lowest BCUT2D eigenvalue weighted by Crippen LogP contribution is -2.31. The van der Waals surface area contributed by atoms with E-state index in [1.807, 2.05) is 4.72 Å². The molecule has 4 N–H and O–H groups in total. The van der Waals surface area contributed by atoms with Crippen molar-refractivity contribution in [2.75, 3.05) is 18.5 Å². The van der Waals surface area contributed by atoms with Crippen LogP contribution in [0.25, 0.3) is 0 Å². The molecule has 0 aliphatic rings. The van der Waals surface area contributed by atoms with E-state index in [2.05, 4.69) is 15.6 Å². The first-order chi connectivity index (χ1) is 13.2. The molecule has 10 nitrogen and oxygen atoms in total. The third-order valence-electron chi connectivity index (χ3n) is 3.37. The van der Waals surface area contributed by atoms with E-state index in [1.165, 1.54) is 43.3 Å². The fraction of sp³-hybridized carbons (Fsp3) is 0.176. The van der Waals surface area contributed by atoms with Gasteiger partial charge in [0.2, 0.25) is 5.91 Å². The minimum absolute atomic E-state index is 0.0152. The fourth-order valence-electron chi connectivity index (χ4n) is 2.08. The van der Waals surface area contributed by atoms with Crippen molar-refractivity contribution < 1.29 is 27.9 Å². The van der Waals surface area contributed by atoms with Gasteiger partial charge in [-0.2, -0.15) is 0 Å². The fourth-order valence-corrected chi connectivity index (χ4v) is 3.06. The number of carbonyl (C=O) groups excluding carboxylic acids is 3. The molecule has 0 atom stereocenters. The number of aromatic nitrogens is 1. The molecule has 148 valence electrons. The summed E-state index contributed by atoms with van der Waals surface area (Å²) in [5, 5.41) is 13.6. The van der Waals surface area contributed by atoms with Gasteiger partial charge in [0.05, 0.1) is 17.1 Å². The van der Waals surface area contributed by atoms with E-state index < -0.39 is 21.8 Å². The summed E-state index contributed by atoms with van der Waals surface area (Å²) in [7, 11) is -4.14. The maximum Gasteiger partial charge on any atom is 0.269 e. The Hall–Kier alpha value is -3.31. The highest BCUT2D eigenvalue weighted by Gasteiger charge is 2.19. The van der Waals surface area contributed by atoms with Crippen molar-refractivity contribution in [1.29, 1.82) is 0 Å². The molecule has 2 aromatic rings. The summed E-state index contributed by atoms with van der Waals surface area (Å²) in [5.74, 6) is -1.75. The monoisotopic (exact) mass is 406 g/mol. The average Bonchev–Trinajstić information content (AvgIpc) is 2.65. The van der Waals surface area contributed by atoms with Gasteiger partial charge >= 0.3 is 0 Å². The van der Waals surface area contributed by atoms with Gasteiger partial charge in [-0.05, 0) is 36.4 Å². The highest BCUT2D eigenvalue weighted by Crippen LogP contribution is 2.14. The summed E-state index contributed by atoms with van der Waals surface area (Å²) in [6.07, 6.45) is 1.07. The number of aliphatic hydroxyl groups excluding tert-OH is 1. The van der Waals surface area contributed by atoms with Gasteiger partial charge in [-0.3, -0.25) is 19.4 Å². The number of aliphatic hydroxyl groups is 1. The van der Waals surface area contributed by atoms with E-state index in [0.717, 1.165) is 6.20 Å². The van der Waals surface area contributed by atoms with Crippen LogP contribution in [0.2, 0.25) is 0 Å². The van der Waals surface area contributed by atoms with Crippen LogP contribution < -0.4 is 15.4 Å². The van der Waals surface area contributed by atoms with Crippen molar-refractivity contribution in [3.63, 3.8) is 0 Å². The number of hydrogen-bond acceptors (Lipinski definition) is 7. The van der Waals surface area contributed by atoms with Crippen LogP contribution in [0.1, 0.15) is 27.8 Å². The van der Waals surface area contributed by atoms with Gasteiger partial charge in [0.15, 0.2) is 0 Å². The van der Waals surface area contributed by atoms with E-state index in [1.54, 1.807) is 0 Å². The largest absolute Gasteiger partial charge is 0.395 e. The maximum atomic E-state index is 12.3. The Labute approximate surface area is 161 Å². The predicted molar refractivity (Wildman–Crippen MR) is 99.1 cm³/mol. The third-order valence-corrected chi connectivity index (χ3v) is 4.71. The summed E-state index contributed by atoms with van der Waals surface area (Å²) < 4.78 is 26.5.